The summed E-state index contributed by atoms with van der Waals surface area (Å²) in [4.78, 5) is 21.0. The Morgan fingerprint density at radius 3 is 2.81 bits per heavy atom. The molecule has 0 unspecified atom stereocenters. The van der Waals surface area contributed by atoms with Gasteiger partial charge in [0.15, 0.2) is 5.65 Å². The second-order valence-corrected chi connectivity index (χ2v) is 6.10. The Morgan fingerprint density at radius 1 is 1.22 bits per heavy atom. The van der Waals surface area contributed by atoms with Crippen LogP contribution in [0.25, 0.3) is 22.5 Å². The molecule has 7 heteroatoms. The topological polar surface area (TPSA) is 99.0 Å². The minimum absolute atomic E-state index is 0.244. The Bertz CT molecular complexity index is 1100. The zero-order valence-corrected chi connectivity index (χ0v) is 14.8. The number of hydrogen-bond acceptors (Lipinski definition) is 5. The average Bonchev–Trinajstić information content (AvgIpc) is 3.29. The van der Waals surface area contributed by atoms with Crippen LogP contribution in [-0.4, -0.2) is 20.4 Å². The molecule has 0 saturated heterocycles. The van der Waals surface area contributed by atoms with Gasteiger partial charge in [0.2, 0.25) is 5.95 Å². The summed E-state index contributed by atoms with van der Waals surface area (Å²) < 4.78 is 7.59. The van der Waals surface area contributed by atoms with E-state index in [-0.39, 0.29) is 12.5 Å². The molecule has 0 spiro atoms. The molecular formula is C20H19N5O2. The number of nitrogens with one attached hydrogen (secondary N) is 1. The van der Waals surface area contributed by atoms with E-state index in [0.717, 1.165) is 11.3 Å². The molecule has 3 N–H and O–H groups in total. The third-order valence-electron chi connectivity index (χ3n) is 4.34. The van der Waals surface area contributed by atoms with Crippen LogP contribution in [-0.2, 0) is 13.1 Å². The SMILES string of the molecule is CCn1c(N)nc2cc(C(=O)NCc3ccc(-c4ccccc4)o3)cnc21. The van der Waals surface area contributed by atoms with Crippen LogP contribution in [0, 0.1) is 0 Å². The van der Waals surface area contributed by atoms with Crippen molar-refractivity contribution in [3.05, 3.63) is 66.1 Å². The number of hydrogen-bond donors (Lipinski definition) is 2. The molecule has 0 aliphatic heterocycles. The number of aryl methyl sites for hydroxylation is 1. The molecule has 0 radical (unpaired) electrons. The first-order valence-corrected chi connectivity index (χ1v) is 8.70. The van der Waals surface area contributed by atoms with Gasteiger partial charge >= 0.3 is 0 Å². The summed E-state index contributed by atoms with van der Waals surface area (Å²) in [5, 5.41) is 2.84. The predicted octanol–water partition coefficient (Wildman–Crippen LogP) is 3.22. The largest absolute Gasteiger partial charge is 0.459 e. The van der Waals surface area contributed by atoms with Crippen molar-refractivity contribution in [3.63, 3.8) is 0 Å². The van der Waals surface area contributed by atoms with Crippen molar-refractivity contribution in [1.29, 1.82) is 0 Å². The van der Waals surface area contributed by atoms with E-state index in [9.17, 15) is 4.79 Å². The van der Waals surface area contributed by atoms with Crippen molar-refractivity contribution in [2.75, 3.05) is 5.73 Å². The summed E-state index contributed by atoms with van der Waals surface area (Å²) in [6.07, 6.45) is 1.53. The van der Waals surface area contributed by atoms with Gasteiger partial charge in [-0.1, -0.05) is 30.3 Å². The molecule has 4 aromatic rings. The van der Waals surface area contributed by atoms with E-state index in [1.54, 1.807) is 10.6 Å². The average molecular weight is 361 g/mol. The summed E-state index contributed by atoms with van der Waals surface area (Å²) in [6.45, 7) is 2.92. The van der Waals surface area contributed by atoms with Crippen molar-refractivity contribution in [3.8, 4) is 11.3 Å². The van der Waals surface area contributed by atoms with Crippen LogP contribution in [0.15, 0.2) is 59.1 Å². The Morgan fingerprint density at radius 2 is 2.04 bits per heavy atom. The minimum Gasteiger partial charge on any atom is -0.459 e. The van der Waals surface area contributed by atoms with Gasteiger partial charge in [0.1, 0.15) is 17.0 Å². The fraction of sp³-hybridized carbons (Fsp3) is 0.150. The maximum atomic E-state index is 12.4. The first-order valence-electron chi connectivity index (χ1n) is 8.70. The predicted molar refractivity (Wildman–Crippen MR) is 103 cm³/mol. The lowest BCUT2D eigenvalue weighted by molar-refractivity contribution is 0.0948. The molecule has 3 heterocycles. The number of benzene rings is 1. The second kappa shape index (κ2) is 6.95. The Hall–Kier alpha value is -3.61. The van der Waals surface area contributed by atoms with E-state index in [1.165, 1.54) is 6.20 Å². The molecular weight excluding hydrogens is 342 g/mol. The number of aromatic nitrogens is 3. The molecule has 27 heavy (non-hydrogen) atoms. The van der Waals surface area contributed by atoms with Crippen LogP contribution in [0.3, 0.4) is 0 Å². The number of pyridine rings is 1. The van der Waals surface area contributed by atoms with E-state index in [4.69, 9.17) is 10.2 Å². The molecule has 0 atom stereocenters. The molecule has 1 aromatic carbocycles. The third kappa shape index (κ3) is 3.27. The molecule has 0 bridgehead atoms. The van der Waals surface area contributed by atoms with Gasteiger partial charge < -0.3 is 15.5 Å². The lowest BCUT2D eigenvalue weighted by atomic mass is 10.2. The standard InChI is InChI=1S/C20H19N5O2/c1-2-25-18-16(24-20(25)21)10-14(11-22-18)19(26)23-12-15-8-9-17(27-15)13-6-4-3-5-7-13/h3-11H,2,12H2,1H3,(H2,21,24)(H,23,26). The minimum atomic E-state index is -0.244. The number of nitrogens with two attached hydrogens (primary N) is 1. The van der Waals surface area contributed by atoms with Crippen LogP contribution < -0.4 is 11.1 Å². The van der Waals surface area contributed by atoms with Gasteiger partial charge in [0, 0.05) is 18.3 Å². The van der Waals surface area contributed by atoms with E-state index in [1.807, 2.05) is 49.4 Å². The lowest BCUT2D eigenvalue weighted by Gasteiger charge is -2.04. The van der Waals surface area contributed by atoms with Gasteiger partial charge in [-0.25, -0.2) is 9.97 Å². The number of furan rings is 1. The lowest BCUT2D eigenvalue weighted by Crippen LogP contribution is -2.22. The first kappa shape index (κ1) is 16.8. The summed E-state index contributed by atoms with van der Waals surface area (Å²) in [5.41, 5.74) is 8.57. The zero-order chi connectivity index (χ0) is 18.8. The van der Waals surface area contributed by atoms with E-state index >= 15 is 0 Å². The van der Waals surface area contributed by atoms with E-state index in [2.05, 4.69) is 15.3 Å². The van der Waals surface area contributed by atoms with Gasteiger partial charge in [0.05, 0.1) is 12.1 Å². The molecule has 4 rings (SSSR count). The van der Waals surface area contributed by atoms with Crippen LogP contribution in [0.4, 0.5) is 5.95 Å². The van der Waals surface area contributed by atoms with Crippen LogP contribution in [0.1, 0.15) is 23.0 Å². The number of carbonyl (C=O) groups is 1. The van der Waals surface area contributed by atoms with Gasteiger partial charge in [-0.2, -0.15) is 0 Å². The van der Waals surface area contributed by atoms with Crippen LogP contribution >= 0.6 is 0 Å². The Balaban J connectivity index is 1.47. The maximum absolute atomic E-state index is 12.4. The number of imidazole rings is 1. The first-order chi connectivity index (χ1) is 13.2. The molecule has 136 valence electrons. The number of rotatable bonds is 5. The highest BCUT2D eigenvalue weighted by Crippen LogP contribution is 2.22. The molecule has 1 amide bonds. The van der Waals surface area contributed by atoms with Crippen molar-refractivity contribution >= 4 is 23.0 Å². The summed E-state index contributed by atoms with van der Waals surface area (Å²) in [5.74, 6) is 1.59. The summed E-state index contributed by atoms with van der Waals surface area (Å²) in [7, 11) is 0. The molecule has 0 saturated carbocycles. The number of fused-ring (bicyclic) bond motifs is 1. The smallest absolute Gasteiger partial charge is 0.253 e. The molecule has 7 nitrogen and oxygen atoms in total. The molecule has 0 aliphatic rings. The third-order valence-corrected chi connectivity index (χ3v) is 4.34. The monoisotopic (exact) mass is 361 g/mol. The normalized spacial score (nSPS) is 11.0. The second-order valence-electron chi connectivity index (χ2n) is 6.10. The highest BCUT2D eigenvalue weighted by Gasteiger charge is 2.13. The van der Waals surface area contributed by atoms with Crippen molar-refractivity contribution in [2.24, 2.45) is 0 Å². The highest BCUT2D eigenvalue weighted by atomic mass is 16.3. The van der Waals surface area contributed by atoms with Gasteiger partial charge in [-0.15, -0.1) is 0 Å². The Kier molecular flexibility index (Phi) is 4.33. The van der Waals surface area contributed by atoms with Gasteiger partial charge in [-0.05, 0) is 25.1 Å². The van der Waals surface area contributed by atoms with Crippen molar-refractivity contribution in [2.45, 2.75) is 20.0 Å². The fourth-order valence-corrected chi connectivity index (χ4v) is 2.96. The summed E-state index contributed by atoms with van der Waals surface area (Å²) in [6, 6.07) is 15.3. The molecule has 0 aliphatic carbocycles. The van der Waals surface area contributed by atoms with Crippen molar-refractivity contribution < 1.29 is 9.21 Å². The number of nitrogens with zero attached hydrogens (tertiary/aromatic N) is 3. The van der Waals surface area contributed by atoms with E-state index in [0.29, 0.717) is 35.0 Å². The number of carbonyl (C=O) groups excluding carboxylic acids is 1. The summed E-state index contributed by atoms with van der Waals surface area (Å²) >= 11 is 0. The van der Waals surface area contributed by atoms with Crippen LogP contribution in [0.5, 0.6) is 0 Å². The maximum Gasteiger partial charge on any atom is 0.253 e. The fourth-order valence-electron chi connectivity index (χ4n) is 2.96. The number of anilines is 1. The zero-order valence-electron chi connectivity index (χ0n) is 14.8. The van der Waals surface area contributed by atoms with E-state index < -0.39 is 0 Å². The molecule has 0 fully saturated rings. The Labute approximate surface area is 155 Å². The quantitative estimate of drug-likeness (QED) is 0.569. The van der Waals surface area contributed by atoms with Crippen molar-refractivity contribution in [1.82, 2.24) is 19.9 Å². The highest BCUT2D eigenvalue weighted by molar-refractivity contribution is 5.96. The van der Waals surface area contributed by atoms with Crippen LogP contribution in [0.2, 0.25) is 0 Å². The van der Waals surface area contributed by atoms with Gasteiger partial charge in [-0.3, -0.25) is 9.36 Å². The van der Waals surface area contributed by atoms with Gasteiger partial charge in [0.25, 0.3) is 5.91 Å². The number of nitrogen functional groups attached to an aromatic ring is 1. The molecule has 3 aromatic heterocycles. The number of amides is 1.